The van der Waals surface area contributed by atoms with Gasteiger partial charge in [-0.3, -0.25) is 4.79 Å². The maximum atomic E-state index is 13.8. The van der Waals surface area contributed by atoms with Crippen LogP contribution < -0.4 is 0 Å². The van der Waals surface area contributed by atoms with Crippen molar-refractivity contribution in [3.8, 4) is 11.1 Å². The van der Waals surface area contributed by atoms with E-state index in [9.17, 15) is 9.59 Å². The first-order valence-corrected chi connectivity index (χ1v) is 13.2. The lowest BCUT2D eigenvalue weighted by Gasteiger charge is -2.20. The summed E-state index contributed by atoms with van der Waals surface area (Å²) in [5.41, 5.74) is 5.24. The molecule has 5 aromatic carbocycles. The van der Waals surface area contributed by atoms with Gasteiger partial charge >= 0.3 is 11.9 Å². The van der Waals surface area contributed by atoms with Crippen LogP contribution in [-0.2, 0) is 32.1 Å². The Morgan fingerprint density at radius 1 is 0.692 bits per heavy atom. The van der Waals surface area contributed by atoms with Gasteiger partial charge in [-0.25, -0.2) is 4.79 Å². The highest BCUT2D eigenvalue weighted by atomic mass is 35.5. The topological polar surface area (TPSA) is 52.6 Å². The molecule has 6 rings (SSSR count). The van der Waals surface area contributed by atoms with Crippen molar-refractivity contribution in [3.63, 3.8) is 0 Å². The number of esters is 2. The molecular formula is C34H25ClO4. The second kappa shape index (κ2) is 10.8. The van der Waals surface area contributed by atoms with Gasteiger partial charge in [-0.2, -0.15) is 0 Å². The number of benzene rings is 5. The maximum Gasteiger partial charge on any atom is 0.348 e. The number of hydrogen-bond donors (Lipinski definition) is 0. The molecule has 0 amide bonds. The fourth-order valence-electron chi connectivity index (χ4n) is 5.22. The highest BCUT2D eigenvalue weighted by Crippen LogP contribution is 2.46. The molecule has 2 atom stereocenters. The monoisotopic (exact) mass is 532 g/mol. The van der Waals surface area contributed by atoms with E-state index in [1.54, 1.807) is 6.07 Å². The predicted molar refractivity (Wildman–Crippen MR) is 153 cm³/mol. The number of hydrogen-bond acceptors (Lipinski definition) is 4. The van der Waals surface area contributed by atoms with Crippen molar-refractivity contribution in [1.82, 2.24) is 0 Å². The first kappa shape index (κ1) is 24.9. The van der Waals surface area contributed by atoms with Gasteiger partial charge in [0.25, 0.3) is 0 Å². The first-order chi connectivity index (χ1) is 19.1. The van der Waals surface area contributed by atoms with Gasteiger partial charge in [0.2, 0.25) is 6.10 Å². The minimum atomic E-state index is -1.11. The number of ether oxygens (including phenoxy) is 2. The Balaban J connectivity index is 1.30. The third kappa shape index (κ3) is 5.16. The molecular weight excluding hydrogens is 508 g/mol. The summed E-state index contributed by atoms with van der Waals surface area (Å²) >= 11 is 6.32. The van der Waals surface area contributed by atoms with Crippen LogP contribution >= 0.6 is 11.6 Å². The summed E-state index contributed by atoms with van der Waals surface area (Å²) in [5, 5.41) is 2.68. The predicted octanol–water partition coefficient (Wildman–Crippen LogP) is 7.50. The molecule has 4 nitrogen and oxygen atoms in total. The molecule has 1 aliphatic rings. The summed E-state index contributed by atoms with van der Waals surface area (Å²) in [7, 11) is 0. The van der Waals surface area contributed by atoms with Crippen molar-refractivity contribution in [3.05, 3.63) is 143 Å². The lowest BCUT2D eigenvalue weighted by atomic mass is 9.97. The fraction of sp³-hybridized carbons (Fsp3) is 0.118. The van der Waals surface area contributed by atoms with Crippen molar-refractivity contribution < 1.29 is 19.1 Å². The Bertz CT molecular complexity index is 1680. The number of fused-ring (bicyclic) bond motifs is 4. The molecule has 5 aromatic rings. The van der Waals surface area contributed by atoms with E-state index in [0.717, 1.165) is 44.2 Å². The van der Waals surface area contributed by atoms with E-state index in [-0.39, 0.29) is 13.0 Å². The van der Waals surface area contributed by atoms with Crippen molar-refractivity contribution in [2.75, 3.05) is 0 Å². The molecule has 5 heteroatoms. The molecule has 0 saturated carbocycles. The lowest BCUT2D eigenvalue weighted by Crippen LogP contribution is -2.33. The molecule has 192 valence electrons. The third-order valence-electron chi connectivity index (χ3n) is 7.10. The number of halogens is 1. The van der Waals surface area contributed by atoms with Gasteiger partial charge in [-0.1, -0.05) is 115 Å². The Labute approximate surface area is 231 Å². The van der Waals surface area contributed by atoms with Crippen LogP contribution in [0.5, 0.6) is 0 Å². The van der Waals surface area contributed by atoms with Crippen LogP contribution in [0.1, 0.15) is 28.2 Å². The molecule has 0 aliphatic heterocycles. The summed E-state index contributed by atoms with van der Waals surface area (Å²) < 4.78 is 11.6. The highest BCUT2D eigenvalue weighted by molar-refractivity contribution is 6.30. The van der Waals surface area contributed by atoms with Gasteiger partial charge in [0.1, 0.15) is 12.5 Å². The van der Waals surface area contributed by atoms with Crippen LogP contribution in [0.25, 0.3) is 21.9 Å². The standard InChI is InChI=1S/C34H25ClO4/c35-26-16-17-28-27-12-6-7-13-29(27)32(30(28)20-26)34(37)39-31(33(36)38-21-22-8-2-1-3-9-22)19-23-14-15-24-10-4-5-11-25(24)18-23/h1-18,20,31-32H,19,21H2/t31-,32?/m1/s1. The van der Waals surface area contributed by atoms with E-state index in [0.29, 0.717) is 5.02 Å². The Morgan fingerprint density at radius 3 is 2.26 bits per heavy atom. The minimum Gasteiger partial charge on any atom is -0.458 e. The highest BCUT2D eigenvalue weighted by Gasteiger charge is 2.37. The van der Waals surface area contributed by atoms with Gasteiger partial charge < -0.3 is 9.47 Å². The third-order valence-corrected chi connectivity index (χ3v) is 7.34. The largest absolute Gasteiger partial charge is 0.458 e. The summed E-state index contributed by atoms with van der Waals surface area (Å²) in [6.45, 7) is 0.0934. The average molecular weight is 533 g/mol. The van der Waals surface area contributed by atoms with Crippen LogP contribution in [-0.4, -0.2) is 18.0 Å². The maximum absolute atomic E-state index is 13.8. The van der Waals surface area contributed by atoms with Gasteiger partial charge in [-0.05, 0) is 56.3 Å². The van der Waals surface area contributed by atoms with E-state index in [4.69, 9.17) is 21.1 Å². The number of rotatable bonds is 7. The second-order valence-electron chi connectivity index (χ2n) is 9.66. The SMILES string of the molecule is O=C(O[C@H](Cc1ccc2ccccc2c1)C(=O)OCc1ccccc1)C1c2ccccc2-c2ccc(Cl)cc21. The quantitative estimate of drug-likeness (QED) is 0.204. The summed E-state index contributed by atoms with van der Waals surface area (Å²) in [6, 6.07) is 36.7. The van der Waals surface area contributed by atoms with Crippen LogP contribution in [0.15, 0.2) is 115 Å². The van der Waals surface area contributed by atoms with Gasteiger partial charge in [0.05, 0.1) is 0 Å². The van der Waals surface area contributed by atoms with E-state index in [2.05, 4.69) is 0 Å². The van der Waals surface area contributed by atoms with Crippen molar-refractivity contribution in [2.24, 2.45) is 0 Å². The zero-order valence-electron chi connectivity index (χ0n) is 21.0. The molecule has 0 radical (unpaired) electrons. The molecule has 0 heterocycles. The van der Waals surface area contributed by atoms with Gasteiger partial charge in [-0.15, -0.1) is 0 Å². The normalized spacial score (nSPS) is 14.3. The Hall–Kier alpha value is -4.41. The van der Waals surface area contributed by atoms with Gasteiger partial charge in [0, 0.05) is 11.4 Å². The van der Waals surface area contributed by atoms with E-state index in [1.165, 1.54) is 0 Å². The molecule has 0 N–H and O–H groups in total. The van der Waals surface area contributed by atoms with E-state index in [1.807, 2.05) is 109 Å². The number of carbonyl (C=O) groups is 2. The summed E-state index contributed by atoms with van der Waals surface area (Å²) in [4.78, 5) is 27.2. The summed E-state index contributed by atoms with van der Waals surface area (Å²) in [5.74, 6) is -1.78. The molecule has 39 heavy (non-hydrogen) atoms. The second-order valence-corrected chi connectivity index (χ2v) is 10.1. The fourth-order valence-corrected chi connectivity index (χ4v) is 5.40. The zero-order valence-corrected chi connectivity index (χ0v) is 21.8. The lowest BCUT2D eigenvalue weighted by molar-refractivity contribution is -0.169. The zero-order chi connectivity index (χ0) is 26.8. The molecule has 0 saturated heterocycles. The molecule has 1 aliphatic carbocycles. The van der Waals surface area contributed by atoms with E-state index < -0.39 is 24.0 Å². The smallest absolute Gasteiger partial charge is 0.348 e. The molecule has 0 aromatic heterocycles. The molecule has 1 unspecified atom stereocenters. The minimum absolute atomic E-state index is 0.0934. The molecule has 0 spiro atoms. The van der Waals surface area contributed by atoms with Crippen LogP contribution in [0.2, 0.25) is 5.02 Å². The molecule has 0 bridgehead atoms. The number of carbonyl (C=O) groups excluding carboxylic acids is 2. The average Bonchev–Trinajstić information content (AvgIpc) is 3.29. The van der Waals surface area contributed by atoms with Crippen LogP contribution in [0, 0.1) is 0 Å². The first-order valence-electron chi connectivity index (χ1n) is 12.8. The van der Waals surface area contributed by atoms with Crippen LogP contribution in [0.3, 0.4) is 0 Å². The Morgan fingerprint density at radius 2 is 1.41 bits per heavy atom. The van der Waals surface area contributed by atoms with Gasteiger partial charge in [0.15, 0.2) is 0 Å². The van der Waals surface area contributed by atoms with E-state index >= 15 is 0 Å². The van der Waals surface area contributed by atoms with Crippen molar-refractivity contribution in [1.29, 1.82) is 0 Å². The Kier molecular flexibility index (Phi) is 6.87. The van der Waals surface area contributed by atoms with Crippen molar-refractivity contribution in [2.45, 2.75) is 25.0 Å². The van der Waals surface area contributed by atoms with Crippen molar-refractivity contribution >= 4 is 34.3 Å². The molecule has 0 fully saturated rings. The van der Waals surface area contributed by atoms with Crippen LogP contribution in [0.4, 0.5) is 0 Å². The summed E-state index contributed by atoms with van der Waals surface area (Å²) in [6.07, 6.45) is -0.918.